The second-order valence-electron chi connectivity index (χ2n) is 12.9. The molecule has 45 heavy (non-hydrogen) atoms. The van der Waals surface area contributed by atoms with Crippen molar-refractivity contribution in [3.63, 3.8) is 0 Å². The zero-order valence-corrected chi connectivity index (χ0v) is 25.5. The zero-order chi connectivity index (χ0) is 30.1. The second kappa shape index (κ2) is 9.78. The van der Waals surface area contributed by atoms with E-state index in [2.05, 4.69) is 172 Å². The summed E-state index contributed by atoms with van der Waals surface area (Å²) in [4.78, 5) is 0. The third kappa shape index (κ3) is 3.85. The van der Waals surface area contributed by atoms with Crippen LogP contribution in [0.25, 0.3) is 76.8 Å². The smallest absolute Gasteiger partial charge is 0.0159 e. The normalized spacial score (nSPS) is 13.3. The molecule has 0 saturated heterocycles. The topological polar surface area (TPSA) is 0 Å². The molecule has 8 aromatic rings. The van der Waals surface area contributed by atoms with E-state index in [1.54, 1.807) is 0 Å². The number of rotatable bonds is 3. The molecular weight excluding hydrogens is 540 g/mol. The molecule has 0 unspecified atom stereocenters. The van der Waals surface area contributed by atoms with Gasteiger partial charge < -0.3 is 0 Å². The average molecular weight is 573 g/mol. The first-order valence-electron chi connectivity index (χ1n) is 15.9. The summed E-state index contributed by atoms with van der Waals surface area (Å²) in [5.41, 5.74) is 13.1. The van der Waals surface area contributed by atoms with Crippen molar-refractivity contribution in [3.05, 3.63) is 169 Å². The van der Waals surface area contributed by atoms with Crippen LogP contribution < -0.4 is 0 Å². The molecular formula is C45H32. The molecule has 0 nitrogen and oxygen atoms in total. The van der Waals surface area contributed by atoms with Crippen molar-refractivity contribution in [2.45, 2.75) is 19.3 Å². The van der Waals surface area contributed by atoms with Crippen LogP contribution >= 0.6 is 0 Å². The van der Waals surface area contributed by atoms with Gasteiger partial charge in [0, 0.05) is 5.41 Å². The van der Waals surface area contributed by atoms with Crippen molar-refractivity contribution in [1.29, 1.82) is 0 Å². The Morgan fingerprint density at radius 3 is 1.64 bits per heavy atom. The van der Waals surface area contributed by atoms with Gasteiger partial charge in [-0.2, -0.15) is 0 Å². The van der Waals surface area contributed by atoms with Gasteiger partial charge in [-0.1, -0.05) is 159 Å². The third-order valence-corrected chi connectivity index (χ3v) is 10.1. The summed E-state index contributed by atoms with van der Waals surface area (Å²) in [6.45, 7) is 4.73. The zero-order valence-electron chi connectivity index (χ0n) is 25.5. The van der Waals surface area contributed by atoms with E-state index in [-0.39, 0.29) is 5.41 Å². The number of hydrogen-bond acceptors (Lipinski definition) is 0. The van der Waals surface area contributed by atoms with E-state index < -0.39 is 0 Å². The van der Waals surface area contributed by atoms with Crippen molar-refractivity contribution in [2.24, 2.45) is 0 Å². The van der Waals surface area contributed by atoms with Crippen molar-refractivity contribution in [2.75, 3.05) is 0 Å². The molecule has 9 rings (SSSR count). The molecule has 0 radical (unpaired) electrons. The molecule has 0 atom stereocenters. The van der Waals surface area contributed by atoms with Gasteiger partial charge in [0.25, 0.3) is 0 Å². The van der Waals surface area contributed by atoms with E-state index in [9.17, 15) is 0 Å². The van der Waals surface area contributed by atoms with Gasteiger partial charge in [0.2, 0.25) is 0 Å². The monoisotopic (exact) mass is 572 g/mol. The first kappa shape index (κ1) is 26.0. The fraction of sp³-hybridized carbons (Fsp3) is 0.0667. The molecule has 8 aromatic carbocycles. The van der Waals surface area contributed by atoms with Crippen LogP contribution in [0.2, 0.25) is 0 Å². The average Bonchev–Trinajstić information content (AvgIpc) is 3.32. The van der Waals surface area contributed by atoms with Crippen molar-refractivity contribution < 1.29 is 0 Å². The van der Waals surface area contributed by atoms with Gasteiger partial charge in [-0.05, 0) is 100 Å². The standard InChI is InChI=1S/C45H32/c1-45(2)41-22-11-10-16-34(41)35-26-24-32(28-42(35)45)43-37-17-6-8-19-39(37)44(40-20-9-7-18-38(40)43)36-21-12-15-31-27-30(23-25-33(31)36)29-13-4-3-5-14-29/h3-28H,1-2H3. The minimum atomic E-state index is -0.0466. The Kier molecular flexibility index (Phi) is 5.64. The van der Waals surface area contributed by atoms with E-state index in [0.717, 1.165) is 0 Å². The maximum absolute atomic E-state index is 2.46. The Bertz CT molecular complexity index is 2390. The first-order chi connectivity index (χ1) is 22.1. The number of benzene rings is 8. The molecule has 0 aromatic heterocycles. The molecule has 0 heteroatoms. The van der Waals surface area contributed by atoms with E-state index in [4.69, 9.17) is 0 Å². The first-order valence-corrected chi connectivity index (χ1v) is 15.9. The van der Waals surface area contributed by atoms with Crippen LogP contribution in [0.4, 0.5) is 0 Å². The minimum absolute atomic E-state index is 0.0466. The van der Waals surface area contributed by atoms with Crippen LogP contribution in [0.1, 0.15) is 25.0 Å². The highest BCUT2D eigenvalue weighted by atomic mass is 14.4. The largest absolute Gasteiger partial charge is 0.0622 e. The summed E-state index contributed by atoms with van der Waals surface area (Å²) in [5.74, 6) is 0. The Morgan fingerprint density at radius 1 is 0.333 bits per heavy atom. The minimum Gasteiger partial charge on any atom is -0.0622 e. The SMILES string of the molecule is CC1(C)c2ccccc2-c2ccc(-c3c4ccccc4c(-c4cccc5cc(-c6ccccc6)ccc45)c4ccccc34)cc21. The maximum Gasteiger partial charge on any atom is 0.0159 e. The molecule has 212 valence electrons. The van der Waals surface area contributed by atoms with Crippen molar-refractivity contribution in [3.8, 4) is 44.5 Å². The Labute approximate surface area is 264 Å². The molecule has 1 aliphatic carbocycles. The van der Waals surface area contributed by atoms with Gasteiger partial charge in [-0.3, -0.25) is 0 Å². The Balaban J connectivity index is 1.31. The quantitative estimate of drug-likeness (QED) is 0.185. The highest BCUT2D eigenvalue weighted by Crippen LogP contribution is 2.51. The second-order valence-corrected chi connectivity index (χ2v) is 12.9. The molecule has 0 amide bonds. The molecule has 0 aliphatic heterocycles. The Morgan fingerprint density at radius 2 is 0.911 bits per heavy atom. The lowest BCUT2D eigenvalue weighted by molar-refractivity contribution is 0.660. The fourth-order valence-electron chi connectivity index (χ4n) is 7.90. The highest BCUT2D eigenvalue weighted by molar-refractivity contribution is 6.23. The summed E-state index contributed by atoms with van der Waals surface area (Å²) < 4.78 is 0. The molecule has 0 fully saturated rings. The van der Waals surface area contributed by atoms with Gasteiger partial charge in [0.05, 0.1) is 0 Å². The van der Waals surface area contributed by atoms with Gasteiger partial charge in [-0.25, -0.2) is 0 Å². The van der Waals surface area contributed by atoms with Crippen LogP contribution in [-0.2, 0) is 5.41 Å². The van der Waals surface area contributed by atoms with Gasteiger partial charge in [0.1, 0.15) is 0 Å². The number of hydrogen-bond donors (Lipinski definition) is 0. The van der Waals surface area contributed by atoms with Crippen molar-refractivity contribution in [1.82, 2.24) is 0 Å². The lowest BCUT2D eigenvalue weighted by Crippen LogP contribution is -2.14. The summed E-state index contributed by atoms with van der Waals surface area (Å²) >= 11 is 0. The summed E-state index contributed by atoms with van der Waals surface area (Å²) in [6, 6.07) is 58.4. The molecule has 0 N–H and O–H groups in total. The van der Waals surface area contributed by atoms with Gasteiger partial charge >= 0.3 is 0 Å². The Hall–Kier alpha value is -5.46. The molecule has 0 bridgehead atoms. The van der Waals surface area contributed by atoms with E-state index in [1.165, 1.54) is 88.0 Å². The predicted molar refractivity (Wildman–Crippen MR) is 193 cm³/mol. The third-order valence-electron chi connectivity index (χ3n) is 10.1. The van der Waals surface area contributed by atoms with E-state index in [1.807, 2.05) is 0 Å². The van der Waals surface area contributed by atoms with Gasteiger partial charge in [0.15, 0.2) is 0 Å². The summed E-state index contributed by atoms with van der Waals surface area (Å²) in [5, 5.41) is 7.68. The molecule has 0 heterocycles. The van der Waals surface area contributed by atoms with Crippen LogP contribution in [0.3, 0.4) is 0 Å². The lowest BCUT2D eigenvalue weighted by atomic mass is 9.80. The number of fused-ring (bicyclic) bond motifs is 6. The van der Waals surface area contributed by atoms with Crippen LogP contribution in [0.5, 0.6) is 0 Å². The maximum atomic E-state index is 2.46. The summed E-state index contributed by atoms with van der Waals surface area (Å²) in [6.07, 6.45) is 0. The fourth-order valence-corrected chi connectivity index (χ4v) is 7.90. The van der Waals surface area contributed by atoms with E-state index in [0.29, 0.717) is 0 Å². The molecule has 1 aliphatic rings. The highest BCUT2D eigenvalue weighted by Gasteiger charge is 2.35. The predicted octanol–water partition coefficient (Wildman–Crippen LogP) is 12.5. The lowest BCUT2D eigenvalue weighted by Gasteiger charge is -2.23. The van der Waals surface area contributed by atoms with Crippen LogP contribution in [0, 0.1) is 0 Å². The molecule has 0 spiro atoms. The van der Waals surface area contributed by atoms with Crippen LogP contribution in [0.15, 0.2) is 158 Å². The van der Waals surface area contributed by atoms with Gasteiger partial charge in [-0.15, -0.1) is 0 Å². The van der Waals surface area contributed by atoms with E-state index >= 15 is 0 Å². The van der Waals surface area contributed by atoms with Crippen molar-refractivity contribution >= 4 is 32.3 Å². The molecule has 0 saturated carbocycles. The summed E-state index contributed by atoms with van der Waals surface area (Å²) in [7, 11) is 0. The van der Waals surface area contributed by atoms with Crippen LogP contribution in [-0.4, -0.2) is 0 Å².